The molecular formula is C21H21NO4. The number of benzene rings is 2. The molecule has 3 rings (SSSR count). The molecule has 0 bridgehead atoms. The first-order chi connectivity index (χ1) is 12.6. The summed E-state index contributed by atoms with van der Waals surface area (Å²) >= 11 is 0. The van der Waals surface area contributed by atoms with Crippen molar-refractivity contribution in [3.8, 4) is 5.75 Å². The predicted octanol–water partition coefficient (Wildman–Crippen LogP) is 3.23. The monoisotopic (exact) mass is 351 g/mol. The first-order valence-corrected chi connectivity index (χ1v) is 8.50. The lowest BCUT2D eigenvalue weighted by Gasteiger charge is -2.21. The van der Waals surface area contributed by atoms with Gasteiger partial charge in [-0.25, -0.2) is 4.79 Å². The Morgan fingerprint density at radius 3 is 2.77 bits per heavy atom. The Morgan fingerprint density at radius 1 is 1.15 bits per heavy atom. The summed E-state index contributed by atoms with van der Waals surface area (Å²) in [5.74, 6) is -0.0593. The van der Waals surface area contributed by atoms with Crippen LogP contribution < -0.4 is 9.64 Å². The summed E-state index contributed by atoms with van der Waals surface area (Å²) in [4.78, 5) is 26.3. The number of esters is 1. The van der Waals surface area contributed by atoms with E-state index in [2.05, 4.69) is 0 Å². The molecule has 134 valence electrons. The van der Waals surface area contributed by atoms with Crippen LogP contribution in [0.1, 0.15) is 18.1 Å². The van der Waals surface area contributed by atoms with Crippen molar-refractivity contribution in [3.05, 3.63) is 65.7 Å². The van der Waals surface area contributed by atoms with E-state index in [-0.39, 0.29) is 5.91 Å². The van der Waals surface area contributed by atoms with E-state index < -0.39 is 12.1 Å². The summed E-state index contributed by atoms with van der Waals surface area (Å²) in [5.41, 5.74) is 2.85. The van der Waals surface area contributed by atoms with Crippen LogP contribution in [-0.2, 0) is 20.7 Å². The van der Waals surface area contributed by atoms with E-state index in [1.54, 1.807) is 31.1 Å². The summed E-state index contributed by atoms with van der Waals surface area (Å²) in [7, 11) is 1.58. The van der Waals surface area contributed by atoms with Gasteiger partial charge in [0.25, 0.3) is 5.91 Å². The summed E-state index contributed by atoms with van der Waals surface area (Å²) in [5, 5.41) is 0. The summed E-state index contributed by atoms with van der Waals surface area (Å²) in [6, 6.07) is 15.1. The third-order valence-corrected chi connectivity index (χ3v) is 4.30. The number of para-hydroxylation sites is 1. The molecule has 26 heavy (non-hydrogen) atoms. The molecule has 0 aromatic heterocycles. The van der Waals surface area contributed by atoms with Crippen LogP contribution in [0, 0.1) is 0 Å². The molecule has 1 heterocycles. The number of hydrogen-bond acceptors (Lipinski definition) is 4. The number of methoxy groups -OCH3 is 1. The summed E-state index contributed by atoms with van der Waals surface area (Å²) < 4.78 is 10.4. The van der Waals surface area contributed by atoms with E-state index in [1.807, 2.05) is 42.5 Å². The normalized spacial score (nSPS) is 14.2. The van der Waals surface area contributed by atoms with E-state index in [0.29, 0.717) is 12.3 Å². The maximum absolute atomic E-state index is 12.6. The molecule has 1 atom stereocenters. The fraction of sp³-hybridized carbons (Fsp3) is 0.238. The summed E-state index contributed by atoms with van der Waals surface area (Å²) in [6.45, 7) is 2.21. The second kappa shape index (κ2) is 7.87. The van der Waals surface area contributed by atoms with Gasteiger partial charge in [0.05, 0.1) is 7.11 Å². The van der Waals surface area contributed by atoms with E-state index in [1.165, 1.54) is 6.08 Å². The van der Waals surface area contributed by atoms with Gasteiger partial charge in [-0.1, -0.05) is 30.3 Å². The predicted molar refractivity (Wildman–Crippen MR) is 100 cm³/mol. The van der Waals surface area contributed by atoms with Gasteiger partial charge in [-0.2, -0.15) is 0 Å². The van der Waals surface area contributed by atoms with Crippen LogP contribution in [0.2, 0.25) is 0 Å². The van der Waals surface area contributed by atoms with Gasteiger partial charge < -0.3 is 14.4 Å². The van der Waals surface area contributed by atoms with Gasteiger partial charge >= 0.3 is 5.97 Å². The Kier molecular flexibility index (Phi) is 5.37. The lowest BCUT2D eigenvalue weighted by Crippen LogP contribution is -2.38. The minimum absolute atomic E-state index is 0.210. The second-order valence-corrected chi connectivity index (χ2v) is 6.06. The van der Waals surface area contributed by atoms with E-state index in [9.17, 15) is 9.59 Å². The molecule has 0 radical (unpaired) electrons. The van der Waals surface area contributed by atoms with Gasteiger partial charge in [-0.3, -0.25) is 4.79 Å². The minimum Gasteiger partial charge on any atom is -0.497 e. The molecule has 0 fully saturated rings. The number of rotatable bonds is 5. The van der Waals surface area contributed by atoms with Crippen LogP contribution in [0.3, 0.4) is 0 Å². The highest BCUT2D eigenvalue weighted by Crippen LogP contribution is 2.28. The molecule has 2 aromatic rings. The van der Waals surface area contributed by atoms with Crippen LogP contribution in [0.25, 0.3) is 6.08 Å². The Labute approximate surface area is 152 Å². The highest BCUT2D eigenvalue weighted by molar-refractivity contribution is 6.00. The molecule has 0 N–H and O–H groups in total. The van der Waals surface area contributed by atoms with Crippen molar-refractivity contribution in [1.82, 2.24) is 0 Å². The van der Waals surface area contributed by atoms with Crippen molar-refractivity contribution in [2.24, 2.45) is 0 Å². The van der Waals surface area contributed by atoms with E-state index in [0.717, 1.165) is 23.2 Å². The molecule has 0 saturated heterocycles. The van der Waals surface area contributed by atoms with Crippen LogP contribution in [0.15, 0.2) is 54.6 Å². The Balaban J connectivity index is 1.60. The number of amides is 1. The van der Waals surface area contributed by atoms with Crippen molar-refractivity contribution in [1.29, 1.82) is 0 Å². The highest BCUT2D eigenvalue weighted by Gasteiger charge is 2.29. The van der Waals surface area contributed by atoms with Crippen LogP contribution in [0.5, 0.6) is 5.75 Å². The molecule has 0 saturated carbocycles. The largest absolute Gasteiger partial charge is 0.497 e. The van der Waals surface area contributed by atoms with Gasteiger partial charge in [-0.15, -0.1) is 0 Å². The maximum atomic E-state index is 12.6. The number of carbonyl (C=O) groups excluding carboxylic acids is 2. The second-order valence-electron chi connectivity index (χ2n) is 6.06. The first kappa shape index (κ1) is 17.7. The standard InChI is InChI=1S/C21H21NO4/c1-15(21(24)22-13-12-17-7-3-4-9-19(17)22)26-20(23)11-10-16-6-5-8-18(14-16)25-2/h3-11,14-15H,12-13H2,1-2H3/b11-10+/t15-/m1/s1. The number of anilines is 1. The van der Waals surface area contributed by atoms with Crippen molar-refractivity contribution >= 4 is 23.6 Å². The first-order valence-electron chi connectivity index (χ1n) is 8.50. The fourth-order valence-electron chi connectivity index (χ4n) is 2.96. The lowest BCUT2D eigenvalue weighted by atomic mass is 10.2. The number of fused-ring (bicyclic) bond motifs is 1. The maximum Gasteiger partial charge on any atom is 0.331 e. The van der Waals surface area contributed by atoms with Gasteiger partial charge in [0, 0.05) is 18.3 Å². The third-order valence-electron chi connectivity index (χ3n) is 4.30. The molecule has 5 heteroatoms. The minimum atomic E-state index is -0.844. The van der Waals surface area contributed by atoms with Gasteiger partial charge in [0.15, 0.2) is 6.10 Å². The van der Waals surface area contributed by atoms with Gasteiger partial charge in [0.2, 0.25) is 0 Å². The lowest BCUT2D eigenvalue weighted by molar-refractivity contribution is -0.149. The Morgan fingerprint density at radius 2 is 1.96 bits per heavy atom. The van der Waals surface area contributed by atoms with Crippen molar-refractivity contribution < 1.29 is 19.1 Å². The smallest absolute Gasteiger partial charge is 0.331 e. The zero-order valence-corrected chi connectivity index (χ0v) is 14.8. The zero-order valence-electron chi connectivity index (χ0n) is 14.8. The molecular weight excluding hydrogens is 330 g/mol. The SMILES string of the molecule is COc1cccc(/C=C/C(=O)O[C@H](C)C(=O)N2CCc3ccccc32)c1. The van der Waals surface area contributed by atoms with Crippen molar-refractivity contribution in [3.63, 3.8) is 0 Å². The average Bonchev–Trinajstić information content (AvgIpc) is 3.10. The zero-order chi connectivity index (χ0) is 18.5. The van der Waals surface area contributed by atoms with Crippen LogP contribution in [0.4, 0.5) is 5.69 Å². The third kappa shape index (κ3) is 3.94. The molecule has 1 aliphatic heterocycles. The van der Waals surface area contributed by atoms with Crippen LogP contribution >= 0.6 is 0 Å². The van der Waals surface area contributed by atoms with Gasteiger partial charge in [0.1, 0.15) is 5.75 Å². The topological polar surface area (TPSA) is 55.8 Å². The molecule has 1 aliphatic rings. The van der Waals surface area contributed by atoms with E-state index >= 15 is 0 Å². The van der Waals surface area contributed by atoms with E-state index in [4.69, 9.17) is 9.47 Å². The fourth-order valence-corrected chi connectivity index (χ4v) is 2.96. The quantitative estimate of drug-likeness (QED) is 0.613. The molecule has 0 aliphatic carbocycles. The Hall–Kier alpha value is -3.08. The molecule has 1 amide bonds. The summed E-state index contributed by atoms with van der Waals surface area (Å²) in [6.07, 6.45) is 2.92. The number of hydrogen-bond donors (Lipinski definition) is 0. The number of ether oxygens (including phenoxy) is 2. The van der Waals surface area contributed by atoms with Crippen molar-refractivity contribution in [2.75, 3.05) is 18.6 Å². The molecule has 2 aromatic carbocycles. The number of nitrogens with zero attached hydrogens (tertiary/aromatic N) is 1. The number of carbonyl (C=O) groups is 2. The molecule has 0 spiro atoms. The molecule has 5 nitrogen and oxygen atoms in total. The highest BCUT2D eigenvalue weighted by atomic mass is 16.5. The van der Waals surface area contributed by atoms with Crippen molar-refractivity contribution in [2.45, 2.75) is 19.4 Å². The Bertz CT molecular complexity index is 843. The van der Waals surface area contributed by atoms with Crippen LogP contribution in [-0.4, -0.2) is 31.6 Å². The molecule has 0 unspecified atom stereocenters. The van der Waals surface area contributed by atoms with Gasteiger partial charge in [-0.05, 0) is 48.7 Å². The average molecular weight is 351 g/mol.